The SMILES string of the molecule is CC(C)C1CC(N(C)C(=O)C2(S)OCC(=O)CC2=O)C=CC1Cl. The van der Waals surface area contributed by atoms with Crippen LogP contribution in [0.2, 0.25) is 0 Å². The van der Waals surface area contributed by atoms with Gasteiger partial charge in [0.25, 0.3) is 5.91 Å². The molecule has 7 heteroatoms. The quantitative estimate of drug-likeness (QED) is 0.361. The number of ether oxygens (including phenoxy) is 1. The molecule has 1 aliphatic carbocycles. The molecule has 4 atom stereocenters. The standard InChI is InChI=1S/C16H22ClNO4S/c1-9(2)12-6-10(4-5-13(12)17)18(3)15(21)16(23)14(20)7-11(19)8-22-16/h4-5,9-10,12-13,23H,6-8H2,1-3H3. The van der Waals surface area contributed by atoms with Crippen molar-refractivity contribution in [2.75, 3.05) is 13.7 Å². The molecule has 128 valence electrons. The number of rotatable bonds is 3. The summed E-state index contributed by atoms with van der Waals surface area (Å²) >= 11 is 10.5. The summed E-state index contributed by atoms with van der Waals surface area (Å²) in [4.78, 5) is 35.7. The molecule has 0 aromatic rings. The largest absolute Gasteiger partial charge is 0.341 e. The fourth-order valence-electron chi connectivity index (χ4n) is 2.98. The Kier molecular flexibility index (Phi) is 5.59. The Hall–Kier alpha value is -0.850. The van der Waals surface area contributed by atoms with E-state index in [9.17, 15) is 14.4 Å². The Morgan fingerprint density at radius 1 is 1.43 bits per heavy atom. The van der Waals surface area contributed by atoms with E-state index in [1.807, 2.05) is 12.2 Å². The molecule has 23 heavy (non-hydrogen) atoms. The minimum atomic E-state index is -1.87. The number of amides is 1. The molecule has 0 saturated carbocycles. The number of carbonyl (C=O) groups is 3. The molecule has 0 radical (unpaired) electrons. The van der Waals surface area contributed by atoms with Gasteiger partial charge in [0.2, 0.25) is 4.93 Å². The normalized spacial score (nSPS) is 34.8. The maximum atomic E-state index is 12.7. The number of ketones is 2. The van der Waals surface area contributed by atoms with Crippen molar-refractivity contribution in [3.63, 3.8) is 0 Å². The fraction of sp³-hybridized carbons (Fsp3) is 0.688. The molecule has 1 heterocycles. The van der Waals surface area contributed by atoms with Crippen LogP contribution in [0, 0.1) is 11.8 Å². The number of hydrogen-bond donors (Lipinski definition) is 1. The summed E-state index contributed by atoms with van der Waals surface area (Å²) in [6.07, 6.45) is 4.16. The highest BCUT2D eigenvalue weighted by molar-refractivity contribution is 7.83. The van der Waals surface area contributed by atoms with Crippen molar-refractivity contribution in [2.45, 2.75) is 43.0 Å². The van der Waals surface area contributed by atoms with Crippen LogP contribution in [0.25, 0.3) is 0 Å². The van der Waals surface area contributed by atoms with Crippen molar-refractivity contribution in [3.8, 4) is 0 Å². The van der Waals surface area contributed by atoms with Crippen molar-refractivity contribution in [3.05, 3.63) is 12.2 Å². The highest BCUT2D eigenvalue weighted by Gasteiger charge is 2.50. The van der Waals surface area contributed by atoms with Crippen LogP contribution in [0.15, 0.2) is 12.2 Å². The van der Waals surface area contributed by atoms with Crippen LogP contribution in [0.4, 0.5) is 0 Å². The Morgan fingerprint density at radius 3 is 2.65 bits per heavy atom. The molecular formula is C16H22ClNO4S. The van der Waals surface area contributed by atoms with Crippen LogP contribution in [-0.4, -0.2) is 52.4 Å². The van der Waals surface area contributed by atoms with Gasteiger partial charge in [-0.25, -0.2) is 0 Å². The monoisotopic (exact) mass is 359 g/mol. The molecule has 2 rings (SSSR count). The summed E-state index contributed by atoms with van der Waals surface area (Å²) in [7, 11) is 1.62. The third-order valence-corrected chi connectivity index (χ3v) is 5.62. The second-order valence-electron chi connectivity index (χ2n) is 6.53. The molecule has 1 amide bonds. The molecule has 2 aliphatic rings. The Labute approximate surface area is 146 Å². The smallest absolute Gasteiger partial charge is 0.273 e. The fourth-order valence-corrected chi connectivity index (χ4v) is 3.76. The number of nitrogens with zero attached hydrogens (tertiary/aromatic N) is 1. The van der Waals surface area contributed by atoms with Crippen LogP contribution in [0.1, 0.15) is 26.7 Å². The van der Waals surface area contributed by atoms with Gasteiger partial charge < -0.3 is 9.64 Å². The number of allylic oxidation sites excluding steroid dienone is 1. The number of thiol groups is 1. The first-order valence-electron chi connectivity index (χ1n) is 7.67. The third-order valence-electron chi connectivity index (χ3n) is 4.58. The van der Waals surface area contributed by atoms with Gasteiger partial charge in [0.15, 0.2) is 11.6 Å². The lowest BCUT2D eigenvalue weighted by atomic mass is 9.82. The molecule has 0 aromatic carbocycles. The second-order valence-corrected chi connectivity index (χ2v) is 7.66. The lowest BCUT2D eigenvalue weighted by Gasteiger charge is -2.39. The van der Waals surface area contributed by atoms with Crippen molar-refractivity contribution in [2.24, 2.45) is 11.8 Å². The molecule has 1 fully saturated rings. The van der Waals surface area contributed by atoms with E-state index in [-0.39, 0.29) is 36.1 Å². The molecule has 0 bridgehead atoms. The van der Waals surface area contributed by atoms with E-state index in [1.54, 1.807) is 7.05 Å². The van der Waals surface area contributed by atoms with E-state index in [1.165, 1.54) is 4.90 Å². The molecular weight excluding hydrogens is 338 g/mol. The zero-order valence-electron chi connectivity index (χ0n) is 13.5. The van der Waals surface area contributed by atoms with Crippen molar-refractivity contribution < 1.29 is 19.1 Å². The summed E-state index contributed by atoms with van der Waals surface area (Å²) in [6.45, 7) is 3.92. The summed E-state index contributed by atoms with van der Waals surface area (Å²) in [6, 6.07) is -0.178. The number of hydrogen-bond acceptors (Lipinski definition) is 5. The van der Waals surface area contributed by atoms with Gasteiger partial charge in [0.05, 0.1) is 17.8 Å². The molecule has 0 N–H and O–H groups in total. The Balaban J connectivity index is 2.15. The number of likely N-dealkylation sites (N-methyl/N-ethyl adjacent to an activating group) is 1. The van der Waals surface area contributed by atoms with Gasteiger partial charge in [0, 0.05) is 7.05 Å². The molecule has 1 aliphatic heterocycles. The minimum Gasteiger partial charge on any atom is -0.341 e. The summed E-state index contributed by atoms with van der Waals surface area (Å²) in [5.41, 5.74) is 0. The number of carbonyl (C=O) groups excluding carboxylic acids is 3. The topological polar surface area (TPSA) is 63.7 Å². The van der Waals surface area contributed by atoms with E-state index in [2.05, 4.69) is 26.5 Å². The summed E-state index contributed by atoms with van der Waals surface area (Å²) in [5.74, 6) is -0.864. The van der Waals surface area contributed by atoms with E-state index >= 15 is 0 Å². The molecule has 5 nitrogen and oxygen atoms in total. The number of alkyl halides is 1. The number of halogens is 1. The maximum absolute atomic E-state index is 12.7. The lowest BCUT2D eigenvalue weighted by molar-refractivity contribution is -0.162. The first kappa shape index (κ1) is 18.5. The van der Waals surface area contributed by atoms with Gasteiger partial charge in [0.1, 0.15) is 6.61 Å². The first-order valence-corrected chi connectivity index (χ1v) is 8.56. The van der Waals surface area contributed by atoms with Crippen molar-refractivity contribution in [1.82, 2.24) is 4.90 Å². The average Bonchev–Trinajstić information content (AvgIpc) is 2.50. The van der Waals surface area contributed by atoms with Crippen LogP contribution < -0.4 is 0 Å². The van der Waals surface area contributed by atoms with E-state index in [0.717, 1.165) is 0 Å². The molecule has 0 spiro atoms. The van der Waals surface area contributed by atoms with Gasteiger partial charge in [-0.3, -0.25) is 14.4 Å². The summed E-state index contributed by atoms with van der Waals surface area (Å²) in [5, 5.41) is -0.0649. The highest BCUT2D eigenvalue weighted by atomic mass is 35.5. The van der Waals surface area contributed by atoms with Crippen LogP contribution in [-0.2, 0) is 19.1 Å². The van der Waals surface area contributed by atoms with Gasteiger partial charge >= 0.3 is 0 Å². The van der Waals surface area contributed by atoms with E-state index < -0.39 is 16.6 Å². The second kappa shape index (κ2) is 6.95. The minimum absolute atomic E-state index is 0.0649. The van der Waals surface area contributed by atoms with Crippen molar-refractivity contribution >= 4 is 41.7 Å². The van der Waals surface area contributed by atoms with Crippen LogP contribution in [0.5, 0.6) is 0 Å². The first-order chi connectivity index (χ1) is 10.7. The Morgan fingerprint density at radius 2 is 2.09 bits per heavy atom. The van der Waals surface area contributed by atoms with Crippen molar-refractivity contribution in [1.29, 1.82) is 0 Å². The predicted octanol–water partition coefficient (Wildman–Crippen LogP) is 1.84. The van der Waals surface area contributed by atoms with E-state index in [0.29, 0.717) is 12.3 Å². The maximum Gasteiger partial charge on any atom is 0.273 e. The van der Waals surface area contributed by atoms with E-state index in [4.69, 9.17) is 16.3 Å². The van der Waals surface area contributed by atoms with Gasteiger partial charge in [-0.15, -0.1) is 24.2 Å². The lowest BCUT2D eigenvalue weighted by Crippen LogP contribution is -2.57. The summed E-state index contributed by atoms with van der Waals surface area (Å²) < 4.78 is 5.18. The van der Waals surface area contributed by atoms with Crippen LogP contribution >= 0.6 is 24.2 Å². The van der Waals surface area contributed by atoms with Gasteiger partial charge in [-0.2, -0.15) is 0 Å². The zero-order chi connectivity index (χ0) is 17.4. The molecule has 1 saturated heterocycles. The Bertz CT molecular complexity index is 550. The average molecular weight is 360 g/mol. The van der Waals surface area contributed by atoms with Gasteiger partial charge in [-0.05, 0) is 18.3 Å². The third kappa shape index (κ3) is 3.64. The number of Topliss-reactive ketones (excluding diaryl/α,β-unsaturated/α-hetero) is 2. The van der Waals surface area contributed by atoms with Crippen LogP contribution in [0.3, 0.4) is 0 Å². The molecule has 0 aromatic heterocycles. The molecule has 4 unspecified atom stereocenters. The van der Waals surface area contributed by atoms with Gasteiger partial charge in [-0.1, -0.05) is 26.0 Å². The zero-order valence-corrected chi connectivity index (χ0v) is 15.1. The predicted molar refractivity (Wildman–Crippen MR) is 90.6 cm³/mol. The highest BCUT2D eigenvalue weighted by Crippen LogP contribution is 2.34.